The average Bonchev–Trinajstić information content (AvgIpc) is 2.54. The number of halogens is 1. The third kappa shape index (κ3) is 2.11. The Kier molecular flexibility index (Phi) is 3.44. The summed E-state index contributed by atoms with van der Waals surface area (Å²) < 4.78 is 0. The summed E-state index contributed by atoms with van der Waals surface area (Å²) in [7, 11) is 0. The quantitative estimate of drug-likeness (QED) is 0.659. The van der Waals surface area contributed by atoms with E-state index in [4.69, 9.17) is 0 Å². The van der Waals surface area contributed by atoms with Crippen molar-refractivity contribution in [1.29, 1.82) is 0 Å². The maximum atomic E-state index is 11.6. The Bertz CT molecular complexity index is 222. The van der Waals surface area contributed by atoms with Crippen molar-refractivity contribution >= 4 is 21.8 Å². The number of fused-ring (bicyclic) bond motifs is 1. The molecule has 2 aliphatic heterocycles. The van der Waals surface area contributed by atoms with Gasteiger partial charge in [-0.2, -0.15) is 0 Å². The lowest BCUT2D eigenvalue weighted by atomic mass is 10.2. The van der Waals surface area contributed by atoms with Crippen LogP contribution in [0.1, 0.15) is 19.3 Å². The number of amides is 1. The van der Waals surface area contributed by atoms with Crippen molar-refractivity contribution in [1.82, 2.24) is 9.80 Å². The zero-order valence-corrected chi connectivity index (χ0v) is 10.0. The van der Waals surface area contributed by atoms with Gasteiger partial charge < -0.3 is 4.90 Å². The first-order valence-corrected chi connectivity index (χ1v) is 6.51. The maximum Gasteiger partial charge on any atom is 0.233 e. The molecule has 4 heteroatoms. The smallest absolute Gasteiger partial charge is 0.233 e. The zero-order chi connectivity index (χ0) is 9.97. The summed E-state index contributed by atoms with van der Waals surface area (Å²) >= 11 is 3.24. The molecule has 0 N–H and O–H groups in total. The Morgan fingerprint density at radius 1 is 1.29 bits per heavy atom. The fourth-order valence-corrected chi connectivity index (χ4v) is 2.87. The maximum absolute atomic E-state index is 11.6. The SMILES string of the molecule is O=C(CBr)N1CCCN2CCCC2C1. The number of hydrogen-bond donors (Lipinski definition) is 0. The van der Waals surface area contributed by atoms with Crippen molar-refractivity contribution in [2.45, 2.75) is 25.3 Å². The molecular weight excluding hydrogens is 244 g/mol. The van der Waals surface area contributed by atoms with Crippen molar-refractivity contribution in [2.24, 2.45) is 0 Å². The first-order chi connectivity index (χ1) is 6.81. The number of rotatable bonds is 1. The highest BCUT2D eigenvalue weighted by Crippen LogP contribution is 2.21. The molecule has 2 saturated heterocycles. The van der Waals surface area contributed by atoms with Gasteiger partial charge in [0, 0.05) is 25.7 Å². The molecule has 2 rings (SSSR count). The van der Waals surface area contributed by atoms with E-state index in [0.29, 0.717) is 11.4 Å². The van der Waals surface area contributed by atoms with Crippen molar-refractivity contribution in [2.75, 3.05) is 31.5 Å². The molecule has 2 fully saturated rings. The Morgan fingerprint density at radius 2 is 2.07 bits per heavy atom. The summed E-state index contributed by atoms with van der Waals surface area (Å²) in [5, 5.41) is 0.472. The Hall–Kier alpha value is -0.0900. The molecule has 14 heavy (non-hydrogen) atoms. The van der Waals surface area contributed by atoms with Crippen LogP contribution in [0.15, 0.2) is 0 Å². The molecule has 1 amide bonds. The third-order valence-electron chi connectivity index (χ3n) is 3.27. The minimum atomic E-state index is 0.249. The minimum Gasteiger partial charge on any atom is -0.340 e. The van der Waals surface area contributed by atoms with Gasteiger partial charge in [-0.25, -0.2) is 0 Å². The van der Waals surface area contributed by atoms with E-state index in [1.165, 1.54) is 25.9 Å². The molecular formula is C10H17BrN2O. The van der Waals surface area contributed by atoms with E-state index < -0.39 is 0 Å². The van der Waals surface area contributed by atoms with Crippen LogP contribution in [0.2, 0.25) is 0 Å². The van der Waals surface area contributed by atoms with Crippen LogP contribution in [0.5, 0.6) is 0 Å². The fourth-order valence-electron chi connectivity index (χ4n) is 2.52. The second kappa shape index (κ2) is 4.62. The fraction of sp³-hybridized carbons (Fsp3) is 0.900. The van der Waals surface area contributed by atoms with Gasteiger partial charge in [-0.15, -0.1) is 0 Å². The van der Waals surface area contributed by atoms with Crippen LogP contribution >= 0.6 is 15.9 Å². The van der Waals surface area contributed by atoms with Crippen molar-refractivity contribution in [3.63, 3.8) is 0 Å². The van der Waals surface area contributed by atoms with Crippen LogP contribution in [-0.2, 0) is 4.79 Å². The number of carbonyl (C=O) groups excluding carboxylic acids is 1. The van der Waals surface area contributed by atoms with E-state index in [9.17, 15) is 4.79 Å². The summed E-state index contributed by atoms with van der Waals surface area (Å²) in [6.45, 7) is 4.31. The molecule has 0 bridgehead atoms. The standard InChI is InChI=1S/C10H17BrN2O/c11-7-10(14)13-6-2-5-12-4-1-3-9(12)8-13/h9H,1-8H2. The molecule has 80 valence electrons. The molecule has 1 unspecified atom stereocenters. The Morgan fingerprint density at radius 3 is 2.86 bits per heavy atom. The van der Waals surface area contributed by atoms with Crippen molar-refractivity contribution < 1.29 is 4.79 Å². The molecule has 3 nitrogen and oxygen atoms in total. The van der Waals surface area contributed by atoms with Crippen molar-refractivity contribution in [3.8, 4) is 0 Å². The van der Waals surface area contributed by atoms with Gasteiger partial charge in [0.15, 0.2) is 0 Å². The lowest BCUT2D eigenvalue weighted by Gasteiger charge is -2.25. The van der Waals surface area contributed by atoms with Gasteiger partial charge in [-0.05, 0) is 25.8 Å². The minimum absolute atomic E-state index is 0.249. The molecule has 0 aromatic heterocycles. The predicted octanol–water partition coefficient (Wildman–Crippen LogP) is 1.08. The van der Waals surface area contributed by atoms with E-state index in [2.05, 4.69) is 20.8 Å². The van der Waals surface area contributed by atoms with Crippen molar-refractivity contribution in [3.05, 3.63) is 0 Å². The summed E-state index contributed by atoms with van der Waals surface area (Å²) in [4.78, 5) is 16.1. The molecule has 0 radical (unpaired) electrons. The molecule has 2 heterocycles. The van der Waals surface area contributed by atoms with Gasteiger partial charge in [0.2, 0.25) is 5.91 Å². The van der Waals surface area contributed by atoms with E-state index in [-0.39, 0.29) is 5.91 Å². The van der Waals surface area contributed by atoms with Gasteiger partial charge in [-0.1, -0.05) is 15.9 Å². The van der Waals surface area contributed by atoms with E-state index in [1.807, 2.05) is 4.90 Å². The highest BCUT2D eigenvalue weighted by Gasteiger charge is 2.29. The molecule has 2 aliphatic rings. The molecule has 0 aromatic carbocycles. The van der Waals surface area contributed by atoms with Crippen LogP contribution in [0.3, 0.4) is 0 Å². The normalized spacial score (nSPS) is 28.6. The van der Waals surface area contributed by atoms with Crippen LogP contribution in [0, 0.1) is 0 Å². The van der Waals surface area contributed by atoms with Gasteiger partial charge in [0.1, 0.15) is 0 Å². The van der Waals surface area contributed by atoms with Crippen LogP contribution < -0.4 is 0 Å². The van der Waals surface area contributed by atoms with Gasteiger partial charge in [0.25, 0.3) is 0 Å². The van der Waals surface area contributed by atoms with Crippen LogP contribution in [-0.4, -0.2) is 53.3 Å². The first kappa shape index (κ1) is 10.4. The van der Waals surface area contributed by atoms with Gasteiger partial charge >= 0.3 is 0 Å². The zero-order valence-electron chi connectivity index (χ0n) is 8.41. The topological polar surface area (TPSA) is 23.6 Å². The highest BCUT2D eigenvalue weighted by molar-refractivity contribution is 9.09. The molecule has 0 saturated carbocycles. The Labute approximate surface area is 93.6 Å². The second-order valence-electron chi connectivity index (χ2n) is 4.16. The summed E-state index contributed by atoms with van der Waals surface area (Å²) in [5.41, 5.74) is 0. The lowest BCUT2D eigenvalue weighted by molar-refractivity contribution is -0.128. The number of nitrogens with zero attached hydrogens (tertiary/aromatic N) is 2. The largest absolute Gasteiger partial charge is 0.340 e. The highest BCUT2D eigenvalue weighted by atomic mass is 79.9. The molecule has 0 spiro atoms. The van der Waals surface area contributed by atoms with Gasteiger partial charge in [-0.3, -0.25) is 9.69 Å². The van der Waals surface area contributed by atoms with Crippen LogP contribution in [0.25, 0.3) is 0 Å². The Balaban J connectivity index is 1.98. The predicted molar refractivity (Wildman–Crippen MR) is 59.6 cm³/mol. The van der Waals surface area contributed by atoms with E-state index >= 15 is 0 Å². The number of alkyl halides is 1. The average molecular weight is 261 g/mol. The second-order valence-corrected chi connectivity index (χ2v) is 4.72. The molecule has 0 aromatic rings. The first-order valence-electron chi connectivity index (χ1n) is 5.39. The van der Waals surface area contributed by atoms with E-state index in [1.54, 1.807) is 0 Å². The monoisotopic (exact) mass is 260 g/mol. The summed E-state index contributed by atoms with van der Waals surface area (Å²) in [6, 6.07) is 0.639. The van der Waals surface area contributed by atoms with Gasteiger partial charge in [0.05, 0.1) is 5.33 Å². The summed E-state index contributed by atoms with van der Waals surface area (Å²) in [5.74, 6) is 0.249. The summed E-state index contributed by atoms with van der Waals surface area (Å²) in [6.07, 6.45) is 3.71. The van der Waals surface area contributed by atoms with Crippen LogP contribution in [0.4, 0.5) is 0 Å². The number of carbonyl (C=O) groups is 1. The third-order valence-corrected chi connectivity index (χ3v) is 3.75. The molecule has 0 aliphatic carbocycles. The number of hydrogen-bond acceptors (Lipinski definition) is 2. The lowest BCUT2D eigenvalue weighted by Crippen LogP contribution is -2.40. The van der Waals surface area contributed by atoms with E-state index in [0.717, 1.165) is 19.5 Å². The molecule has 1 atom stereocenters.